The number of thioether (sulfide) groups is 1. The van der Waals surface area contributed by atoms with Crippen LogP contribution in [-0.2, 0) is 5.75 Å². The van der Waals surface area contributed by atoms with Gasteiger partial charge in [-0.1, -0.05) is 18.2 Å². The van der Waals surface area contributed by atoms with Crippen LogP contribution in [0.3, 0.4) is 0 Å². The predicted octanol–water partition coefficient (Wildman–Crippen LogP) is 2.00. The Morgan fingerprint density at radius 3 is 2.57 bits per heavy atom. The van der Waals surface area contributed by atoms with Crippen LogP contribution in [0.1, 0.15) is 5.69 Å². The average Bonchev–Trinajstić information content (AvgIpc) is 2.63. The zero-order valence-corrected chi connectivity index (χ0v) is 8.30. The summed E-state index contributed by atoms with van der Waals surface area (Å²) in [6.45, 7) is 0. The number of hydrogen-bond donors (Lipinski definition) is 2. The number of hydrogen-bond acceptors (Lipinski definition) is 2. The van der Waals surface area contributed by atoms with E-state index in [4.69, 9.17) is 0 Å². The average molecular weight is 206 g/mol. The third-order valence-electron chi connectivity index (χ3n) is 1.79. The quantitative estimate of drug-likeness (QED) is 0.754. The van der Waals surface area contributed by atoms with Crippen LogP contribution in [0, 0.1) is 0 Å². The standard InChI is InChI=1S/C10H10N2OS/c13-10-6-8(11-12-10)7-14-9-4-2-1-3-5-9/h1-6H,7H2,(H2,11,12,13). The molecule has 0 aliphatic rings. The normalized spacial score (nSPS) is 10.3. The minimum atomic E-state index is -0.0753. The maximum atomic E-state index is 10.8. The van der Waals surface area contributed by atoms with E-state index in [1.54, 1.807) is 17.8 Å². The van der Waals surface area contributed by atoms with E-state index in [1.807, 2.05) is 18.2 Å². The molecule has 0 saturated carbocycles. The van der Waals surface area contributed by atoms with Gasteiger partial charge in [0.2, 0.25) is 0 Å². The summed E-state index contributed by atoms with van der Waals surface area (Å²) in [4.78, 5) is 12.0. The number of H-pyrrole nitrogens is 2. The number of rotatable bonds is 3. The molecule has 1 heterocycles. The third kappa shape index (κ3) is 2.29. The second kappa shape index (κ2) is 4.19. The molecule has 0 fully saturated rings. The monoisotopic (exact) mass is 206 g/mol. The molecular formula is C10H10N2OS. The minimum absolute atomic E-state index is 0.0753. The molecule has 0 aliphatic carbocycles. The lowest BCUT2D eigenvalue weighted by Gasteiger charge is -1.97. The van der Waals surface area contributed by atoms with Crippen LogP contribution in [-0.4, -0.2) is 10.2 Å². The van der Waals surface area contributed by atoms with Crippen molar-refractivity contribution in [2.75, 3.05) is 0 Å². The van der Waals surface area contributed by atoms with Crippen molar-refractivity contribution < 1.29 is 0 Å². The van der Waals surface area contributed by atoms with Crippen molar-refractivity contribution in [1.29, 1.82) is 0 Å². The first-order chi connectivity index (χ1) is 6.84. The lowest BCUT2D eigenvalue weighted by Crippen LogP contribution is -1.93. The van der Waals surface area contributed by atoms with Gasteiger partial charge in [-0.25, -0.2) is 0 Å². The van der Waals surface area contributed by atoms with Crippen molar-refractivity contribution in [1.82, 2.24) is 10.2 Å². The van der Waals surface area contributed by atoms with Gasteiger partial charge in [-0.15, -0.1) is 11.8 Å². The van der Waals surface area contributed by atoms with Crippen LogP contribution < -0.4 is 5.56 Å². The molecule has 4 heteroatoms. The van der Waals surface area contributed by atoms with E-state index in [0.717, 1.165) is 11.4 Å². The van der Waals surface area contributed by atoms with Gasteiger partial charge >= 0.3 is 0 Å². The van der Waals surface area contributed by atoms with Gasteiger partial charge < -0.3 is 5.10 Å². The van der Waals surface area contributed by atoms with Crippen molar-refractivity contribution in [3.63, 3.8) is 0 Å². The van der Waals surface area contributed by atoms with E-state index < -0.39 is 0 Å². The van der Waals surface area contributed by atoms with Crippen molar-refractivity contribution in [2.45, 2.75) is 10.6 Å². The van der Waals surface area contributed by atoms with E-state index in [-0.39, 0.29) is 5.56 Å². The highest BCUT2D eigenvalue weighted by molar-refractivity contribution is 7.98. The summed E-state index contributed by atoms with van der Waals surface area (Å²) in [6, 6.07) is 11.7. The van der Waals surface area contributed by atoms with E-state index in [0.29, 0.717) is 0 Å². The Morgan fingerprint density at radius 1 is 1.14 bits per heavy atom. The number of aromatic amines is 2. The molecule has 2 N–H and O–H groups in total. The summed E-state index contributed by atoms with van der Waals surface area (Å²) in [5.74, 6) is 0.781. The Hall–Kier alpha value is -1.42. The summed E-state index contributed by atoms with van der Waals surface area (Å²) < 4.78 is 0. The predicted molar refractivity (Wildman–Crippen MR) is 57.4 cm³/mol. The molecule has 72 valence electrons. The molecule has 3 nitrogen and oxygen atoms in total. The molecule has 0 atom stereocenters. The second-order valence-electron chi connectivity index (χ2n) is 2.89. The summed E-state index contributed by atoms with van der Waals surface area (Å²) >= 11 is 1.70. The molecule has 2 rings (SSSR count). The Kier molecular flexibility index (Phi) is 2.74. The SMILES string of the molecule is O=c1cc(CSc2ccccc2)[nH][nH]1. The first-order valence-electron chi connectivity index (χ1n) is 4.29. The third-order valence-corrected chi connectivity index (χ3v) is 2.85. The molecule has 2 aromatic rings. The van der Waals surface area contributed by atoms with Gasteiger partial charge in [0.1, 0.15) is 0 Å². The van der Waals surface area contributed by atoms with Crippen LogP contribution in [0.15, 0.2) is 46.1 Å². The minimum Gasteiger partial charge on any atom is -0.301 e. The van der Waals surface area contributed by atoms with Gasteiger partial charge in [0.15, 0.2) is 0 Å². The van der Waals surface area contributed by atoms with Crippen molar-refractivity contribution in [3.8, 4) is 0 Å². The van der Waals surface area contributed by atoms with Gasteiger partial charge in [0.05, 0.1) is 0 Å². The molecule has 1 aromatic heterocycles. The fourth-order valence-electron chi connectivity index (χ4n) is 1.13. The van der Waals surface area contributed by atoms with Crippen molar-refractivity contribution in [2.24, 2.45) is 0 Å². The Balaban J connectivity index is 1.98. The molecule has 0 unspecified atom stereocenters. The van der Waals surface area contributed by atoms with E-state index >= 15 is 0 Å². The number of aromatic nitrogens is 2. The zero-order chi connectivity index (χ0) is 9.80. The van der Waals surface area contributed by atoms with Crippen LogP contribution in [0.2, 0.25) is 0 Å². The van der Waals surface area contributed by atoms with Crippen LogP contribution in [0.25, 0.3) is 0 Å². The lowest BCUT2D eigenvalue weighted by atomic mass is 10.4. The highest BCUT2D eigenvalue weighted by Gasteiger charge is 1.97. The van der Waals surface area contributed by atoms with Crippen molar-refractivity contribution in [3.05, 3.63) is 52.4 Å². The highest BCUT2D eigenvalue weighted by atomic mass is 32.2. The van der Waals surface area contributed by atoms with Crippen molar-refractivity contribution >= 4 is 11.8 Å². The molecular weight excluding hydrogens is 196 g/mol. The molecule has 0 bridgehead atoms. The molecule has 0 amide bonds. The van der Waals surface area contributed by atoms with Gasteiger partial charge in [-0.2, -0.15) is 0 Å². The lowest BCUT2D eigenvalue weighted by molar-refractivity contribution is 1.01. The van der Waals surface area contributed by atoms with E-state index in [9.17, 15) is 4.79 Å². The van der Waals surface area contributed by atoms with Crippen LogP contribution in [0.4, 0.5) is 0 Å². The topological polar surface area (TPSA) is 48.6 Å². The van der Waals surface area contributed by atoms with Crippen LogP contribution >= 0.6 is 11.8 Å². The van der Waals surface area contributed by atoms with Gasteiger partial charge in [0.25, 0.3) is 5.56 Å². The maximum absolute atomic E-state index is 10.8. The zero-order valence-electron chi connectivity index (χ0n) is 7.49. The fraction of sp³-hybridized carbons (Fsp3) is 0.100. The maximum Gasteiger partial charge on any atom is 0.264 e. The summed E-state index contributed by atoms with van der Waals surface area (Å²) in [6.07, 6.45) is 0. The largest absolute Gasteiger partial charge is 0.301 e. The first-order valence-corrected chi connectivity index (χ1v) is 5.27. The summed E-state index contributed by atoms with van der Waals surface area (Å²) in [7, 11) is 0. The van der Waals surface area contributed by atoms with Gasteiger partial charge in [-0.3, -0.25) is 9.89 Å². The number of benzene rings is 1. The number of nitrogens with one attached hydrogen (secondary N) is 2. The first kappa shape index (κ1) is 9.15. The smallest absolute Gasteiger partial charge is 0.264 e. The Labute approximate surface area is 85.5 Å². The Bertz CT molecular complexity index is 446. The molecule has 0 aliphatic heterocycles. The van der Waals surface area contributed by atoms with E-state index in [1.165, 1.54) is 4.90 Å². The molecule has 1 aromatic carbocycles. The molecule has 0 spiro atoms. The second-order valence-corrected chi connectivity index (χ2v) is 3.93. The van der Waals surface area contributed by atoms with Crippen LogP contribution in [0.5, 0.6) is 0 Å². The molecule has 0 saturated heterocycles. The highest BCUT2D eigenvalue weighted by Crippen LogP contribution is 2.20. The Morgan fingerprint density at radius 2 is 1.93 bits per heavy atom. The van der Waals surface area contributed by atoms with Gasteiger partial charge in [0, 0.05) is 22.4 Å². The fourth-order valence-corrected chi connectivity index (χ4v) is 1.96. The molecule has 0 radical (unpaired) electrons. The molecule has 14 heavy (non-hydrogen) atoms. The van der Waals surface area contributed by atoms with E-state index in [2.05, 4.69) is 22.3 Å². The summed E-state index contributed by atoms with van der Waals surface area (Å²) in [5, 5.41) is 5.33. The van der Waals surface area contributed by atoms with Gasteiger partial charge in [-0.05, 0) is 12.1 Å². The summed E-state index contributed by atoms with van der Waals surface area (Å²) in [5.41, 5.74) is 0.845.